The minimum atomic E-state index is -1.56. The standard InChI is InChI=1S/C20H20F4O/c1-2-3-12-4-6-13(7-5-12)15-10-18(23)20(25-11-15)14-8-16(21)19(24)17(22)9-14/h4-9,15,18,20H,2-3,10-11H2,1H3. The Morgan fingerprint density at radius 2 is 1.64 bits per heavy atom. The van der Waals surface area contributed by atoms with Crippen LogP contribution in [-0.4, -0.2) is 12.8 Å². The molecule has 1 aliphatic rings. The third-order valence-corrected chi connectivity index (χ3v) is 4.64. The van der Waals surface area contributed by atoms with Crippen LogP contribution in [0.25, 0.3) is 0 Å². The maximum atomic E-state index is 14.6. The summed E-state index contributed by atoms with van der Waals surface area (Å²) >= 11 is 0. The van der Waals surface area contributed by atoms with Crippen molar-refractivity contribution in [2.75, 3.05) is 6.61 Å². The number of hydrogen-bond donors (Lipinski definition) is 0. The van der Waals surface area contributed by atoms with E-state index in [1.54, 1.807) is 0 Å². The SMILES string of the molecule is CCCc1ccc(C2COC(c3cc(F)c(F)c(F)c3)C(F)C2)cc1. The first kappa shape index (κ1) is 17.9. The van der Waals surface area contributed by atoms with Gasteiger partial charge in [-0.1, -0.05) is 37.6 Å². The second-order valence-corrected chi connectivity index (χ2v) is 6.49. The van der Waals surface area contributed by atoms with E-state index in [4.69, 9.17) is 4.74 Å². The average molecular weight is 352 g/mol. The van der Waals surface area contributed by atoms with Crippen LogP contribution in [0, 0.1) is 17.5 Å². The fourth-order valence-electron chi connectivity index (χ4n) is 3.31. The molecule has 0 saturated carbocycles. The van der Waals surface area contributed by atoms with Gasteiger partial charge in [0.05, 0.1) is 6.61 Å². The zero-order valence-corrected chi connectivity index (χ0v) is 13.9. The lowest BCUT2D eigenvalue weighted by molar-refractivity contribution is -0.0529. The second kappa shape index (κ2) is 7.56. The van der Waals surface area contributed by atoms with Gasteiger partial charge in [0.25, 0.3) is 0 Å². The highest BCUT2D eigenvalue weighted by atomic mass is 19.2. The molecule has 0 aromatic heterocycles. The Morgan fingerprint density at radius 1 is 1.00 bits per heavy atom. The van der Waals surface area contributed by atoms with E-state index < -0.39 is 29.7 Å². The first-order chi connectivity index (χ1) is 12.0. The van der Waals surface area contributed by atoms with Crippen molar-refractivity contribution in [3.8, 4) is 0 Å². The van der Waals surface area contributed by atoms with Crippen LogP contribution in [0.3, 0.4) is 0 Å². The molecule has 1 fully saturated rings. The van der Waals surface area contributed by atoms with Gasteiger partial charge in [0, 0.05) is 5.92 Å². The molecule has 3 atom stereocenters. The molecule has 0 bridgehead atoms. The predicted molar refractivity (Wildman–Crippen MR) is 87.7 cm³/mol. The second-order valence-electron chi connectivity index (χ2n) is 6.49. The number of aryl methyl sites for hydroxylation is 1. The van der Waals surface area contributed by atoms with Crippen LogP contribution >= 0.6 is 0 Å². The maximum Gasteiger partial charge on any atom is 0.194 e. The largest absolute Gasteiger partial charge is 0.370 e. The van der Waals surface area contributed by atoms with E-state index in [1.807, 2.05) is 24.3 Å². The molecule has 5 heteroatoms. The van der Waals surface area contributed by atoms with Gasteiger partial charge in [-0.3, -0.25) is 0 Å². The molecule has 1 aliphatic heterocycles. The van der Waals surface area contributed by atoms with Crippen LogP contribution in [-0.2, 0) is 11.2 Å². The first-order valence-corrected chi connectivity index (χ1v) is 8.48. The van der Waals surface area contributed by atoms with Gasteiger partial charge < -0.3 is 4.74 Å². The summed E-state index contributed by atoms with van der Waals surface area (Å²) in [5, 5.41) is 0. The molecule has 0 amide bonds. The van der Waals surface area contributed by atoms with Crippen LogP contribution in [0.15, 0.2) is 36.4 Å². The molecule has 1 nitrogen and oxygen atoms in total. The molecule has 3 unspecified atom stereocenters. The van der Waals surface area contributed by atoms with E-state index in [9.17, 15) is 17.6 Å². The molecule has 2 aromatic rings. The van der Waals surface area contributed by atoms with Gasteiger partial charge in [-0.05, 0) is 41.7 Å². The molecule has 134 valence electrons. The highest BCUT2D eigenvalue weighted by molar-refractivity contribution is 5.28. The minimum absolute atomic E-state index is 0.0133. The summed E-state index contributed by atoms with van der Waals surface area (Å²) in [6.45, 7) is 2.36. The summed E-state index contributed by atoms with van der Waals surface area (Å²) in [6, 6.07) is 9.61. The van der Waals surface area contributed by atoms with E-state index in [1.165, 1.54) is 5.56 Å². The smallest absolute Gasteiger partial charge is 0.194 e. The van der Waals surface area contributed by atoms with Gasteiger partial charge in [-0.15, -0.1) is 0 Å². The van der Waals surface area contributed by atoms with Gasteiger partial charge >= 0.3 is 0 Å². The van der Waals surface area contributed by atoms with E-state index >= 15 is 0 Å². The highest BCUT2D eigenvalue weighted by Gasteiger charge is 2.34. The van der Waals surface area contributed by atoms with Crippen molar-refractivity contribution in [3.63, 3.8) is 0 Å². The average Bonchev–Trinajstić information content (AvgIpc) is 2.60. The van der Waals surface area contributed by atoms with Crippen LogP contribution in [0.2, 0.25) is 0 Å². The lowest BCUT2D eigenvalue weighted by atomic mass is 9.87. The molecule has 0 aliphatic carbocycles. The molecule has 0 N–H and O–H groups in total. The zero-order valence-electron chi connectivity index (χ0n) is 13.9. The highest BCUT2D eigenvalue weighted by Crippen LogP contribution is 2.38. The van der Waals surface area contributed by atoms with Crippen molar-refractivity contribution >= 4 is 0 Å². The van der Waals surface area contributed by atoms with Crippen LogP contribution < -0.4 is 0 Å². The molecule has 0 spiro atoms. The summed E-state index contributed by atoms with van der Waals surface area (Å²) in [6.07, 6.45) is -0.251. The van der Waals surface area contributed by atoms with E-state index in [-0.39, 0.29) is 24.5 Å². The molecule has 25 heavy (non-hydrogen) atoms. The molecule has 3 rings (SSSR count). The Labute approximate surface area is 144 Å². The number of hydrogen-bond acceptors (Lipinski definition) is 1. The Morgan fingerprint density at radius 3 is 2.20 bits per heavy atom. The zero-order chi connectivity index (χ0) is 18.0. The number of benzene rings is 2. The molecular weight excluding hydrogens is 332 g/mol. The van der Waals surface area contributed by atoms with E-state index in [0.29, 0.717) is 0 Å². The third-order valence-electron chi connectivity index (χ3n) is 4.64. The lowest BCUT2D eigenvalue weighted by Gasteiger charge is -2.32. The number of ether oxygens (including phenoxy) is 1. The number of alkyl halides is 1. The molecule has 1 saturated heterocycles. The summed E-state index contributed by atoms with van der Waals surface area (Å²) in [7, 11) is 0. The molecule has 2 aromatic carbocycles. The van der Waals surface area contributed by atoms with Crippen molar-refractivity contribution in [2.45, 2.75) is 44.4 Å². The topological polar surface area (TPSA) is 9.23 Å². The van der Waals surface area contributed by atoms with Crippen LogP contribution in [0.5, 0.6) is 0 Å². The van der Waals surface area contributed by atoms with Crippen molar-refractivity contribution in [1.29, 1.82) is 0 Å². The predicted octanol–water partition coefficient (Wildman–Crippen LogP) is 5.64. The normalized spacial score (nSPS) is 23.6. The first-order valence-electron chi connectivity index (χ1n) is 8.48. The fraction of sp³-hybridized carbons (Fsp3) is 0.400. The number of halogens is 4. The lowest BCUT2D eigenvalue weighted by Crippen LogP contribution is -2.29. The van der Waals surface area contributed by atoms with Gasteiger partial charge in [0.2, 0.25) is 0 Å². The van der Waals surface area contributed by atoms with Gasteiger partial charge in [-0.25, -0.2) is 17.6 Å². The summed E-state index contributed by atoms with van der Waals surface area (Å²) < 4.78 is 59.9. The Balaban J connectivity index is 1.72. The van der Waals surface area contributed by atoms with Gasteiger partial charge in [-0.2, -0.15) is 0 Å². The van der Waals surface area contributed by atoms with Crippen LogP contribution in [0.4, 0.5) is 17.6 Å². The number of rotatable bonds is 4. The summed E-state index contributed by atoms with van der Waals surface area (Å²) in [5.41, 5.74) is 2.20. The van der Waals surface area contributed by atoms with E-state index in [0.717, 1.165) is 30.5 Å². The quantitative estimate of drug-likeness (QED) is 0.511. The summed E-state index contributed by atoms with van der Waals surface area (Å²) in [5.74, 6) is -4.34. The molecule has 0 radical (unpaired) electrons. The Kier molecular flexibility index (Phi) is 5.42. The Hall–Kier alpha value is -1.88. The van der Waals surface area contributed by atoms with Crippen molar-refractivity contribution in [2.24, 2.45) is 0 Å². The van der Waals surface area contributed by atoms with Crippen molar-refractivity contribution in [1.82, 2.24) is 0 Å². The van der Waals surface area contributed by atoms with Crippen LogP contribution in [0.1, 0.15) is 48.5 Å². The van der Waals surface area contributed by atoms with Crippen molar-refractivity contribution in [3.05, 3.63) is 70.5 Å². The molecule has 1 heterocycles. The molecular formula is C20H20F4O. The monoisotopic (exact) mass is 352 g/mol. The Bertz CT molecular complexity index is 706. The van der Waals surface area contributed by atoms with Gasteiger partial charge in [0.1, 0.15) is 12.3 Å². The fourth-order valence-corrected chi connectivity index (χ4v) is 3.31. The third kappa shape index (κ3) is 3.87. The van der Waals surface area contributed by atoms with Crippen molar-refractivity contribution < 1.29 is 22.3 Å². The van der Waals surface area contributed by atoms with Gasteiger partial charge in [0.15, 0.2) is 17.5 Å². The van der Waals surface area contributed by atoms with E-state index in [2.05, 4.69) is 6.92 Å². The minimum Gasteiger partial charge on any atom is -0.370 e. The summed E-state index contributed by atoms with van der Waals surface area (Å²) in [4.78, 5) is 0. The maximum absolute atomic E-state index is 14.6.